The van der Waals surface area contributed by atoms with Gasteiger partial charge in [-0.25, -0.2) is 0 Å². The lowest BCUT2D eigenvalue weighted by Crippen LogP contribution is -2.23. The van der Waals surface area contributed by atoms with Gasteiger partial charge in [-0.05, 0) is 28.9 Å². The number of anilines is 1. The van der Waals surface area contributed by atoms with Crippen molar-refractivity contribution in [2.75, 3.05) is 19.4 Å². The van der Waals surface area contributed by atoms with Crippen LogP contribution in [0.3, 0.4) is 0 Å². The molecule has 0 bridgehead atoms. The number of methoxy groups -OCH3 is 1. The number of hydrogen-bond acceptors (Lipinski definition) is 3. The van der Waals surface area contributed by atoms with Gasteiger partial charge in [0.05, 0.1) is 12.7 Å². The molecule has 0 spiro atoms. The monoisotopic (exact) mass is 272 g/mol. The molecule has 0 heterocycles. The largest absolute Gasteiger partial charge is 0.496 e. The quantitative estimate of drug-likeness (QED) is 0.825. The molecule has 0 aliphatic heterocycles. The first-order chi connectivity index (χ1) is 7.10. The number of amides is 1. The van der Waals surface area contributed by atoms with Crippen molar-refractivity contribution in [2.24, 2.45) is 0 Å². The highest BCUT2D eigenvalue weighted by molar-refractivity contribution is 9.10. The summed E-state index contributed by atoms with van der Waals surface area (Å²) in [5.41, 5.74) is 6.69. The predicted octanol–water partition coefficient (Wildman–Crippen LogP) is 1.79. The highest BCUT2D eigenvalue weighted by atomic mass is 79.9. The zero-order valence-corrected chi connectivity index (χ0v) is 10.2. The van der Waals surface area contributed by atoms with Gasteiger partial charge in [0.1, 0.15) is 5.75 Å². The summed E-state index contributed by atoms with van der Waals surface area (Å²) < 4.78 is 5.77. The lowest BCUT2D eigenvalue weighted by Gasteiger charge is -2.10. The van der Waals surface area contributed by atoms with Gasteiger partial charge in [0.15, 0.2) is 0 Å². The normalized spacial score (nSPS) is 9.80. The van der Waals surface area contributed by atoms with Crippen LogP contribution in [0.2, 0.25) is 0 Å². The first-order valence-corrected chi connectivity index (χ1v) is 5.30. The number of halogens is 1. The Bertz CT molecular complexity index is 380. The molecule has 0 aliphatic carbocycles. The molecule has 0 fully saturated rings. The van der Waals surface area contributed by atoms with Gasteiger partial charge in [-0.1, -0.05) is 0 Å². The maximum absolute atomic E-state index is 11.6. The fourth-order valence-corrected chi connectivity index (χ4v) is 1.51. The van der Waals surface area contributed by atoms with Crippen LogP contribution in [0.25, 0.3) is 0 Å². The summed E-state index contributed by atoms with van der Waals surface area (Å²) in [6.45, 7) is 2.43. The molecule has 0 aliphatic rings. The second kappa shape index (κ2) is 5.02. The molecule has 0 atom stereocenters. The van der Waals surface area contributed by atoms with Crippen LogP contribution in [-0.4, -0.2) is 19.6 Å². The van der Waals surface area contributed by atoms with E-state index in [9.17, 15) is 4.79 Å². The van der Waals surface area contributed by atoms with E-state index in [4.69, 9.17) is 10.5 Å². The molecule has 0 aromatic heterocycles. The van der Waals surface area contributed by atoms with E-state index in [-0.39, 0.29) is 5.91 Å². The van der Waals surface area contributed by atoms with Crippen molar-refractivity contribution in [3.05, 3.63) is 22.2 Å². The van der Waals surface area contributed by atoms with E-state index in [1.54, 1.807) is 12.1 Å². The summed E-state index contributed by atoms with van der Waals surface area (Å²) in [6.07, 6.45) is 0. The van der Waals surface area contributed by atoms with Crippen molar-refractivity contribution in [3.8, 4) is 5.75 Å². The van der Waals surface area contributed by atoms with Gasteiger partial charge in [0.2, 0.25) is 0 Å². The van der Waals surface area contributed by atoms with Crippen LogP contribution in [0, 0.1) is 0 Å². The van der Waals surface area contributed by atoms with Crippen LogP contribution in [-0.2, 0) is 0 Å². The van der Waals surface area contributed by atoms with Gasteiger partial charge in [0.25, 0.3) is 5.91 Å². The van der Waals surface area contributed by atoms with Crippen LogP contribution >= 0.6 is 15.9 Å². The third kappa shape index (κ3) is 2.62. The Morgan fingerprint density at radius 3 is 2.80 bits per heavy atom. The summed E-state index contributed by atoms with van der Waals surface area (Å²) >= 11 is 3.27. The molecule has 15 heavy (non-hydrogen) atoms. The van der Waals surface area contributed by atoms with Gasteiger partial charge < -0.3 is 15.8 Å². The number of benzene rings is 1. The summed E-state index contributed by atoms with van der Waals surface area (Å²) in [7, 11) is 1.51. The minimum Gasteiger partial charge on any atom is -0.496 e. The molecule has 3 N–H and O–H groups in total. The van der Waals surface area contributed by atoms with Gasteiger partial charge >= 0.3 is 0 Å². The Hall–Kier alpha value is -1.23. The van der Waals surface area contributed by atoms with Crippen molar-refractivity contribution in [1.82, 2.24) is 5.32 Å². The van der Waals surface area contributed by atoms with E-state index >= 15 is 0 Å². The van der Waals surface area contributed by atoms with Crippen LogP contribution < -0.4 is 15.8 Å². The second-order valence-corrected chi connectivity index (χ2v) is 3.79. The molecule has 1 rings (SSSR count). The zero-order chi connectivity index (χ0) is 11.4. The zero-order valence-electron chi connectivity index (χ0n) is 8.63. The highest BCUT2D eigenvalue weighted by Crippen LogP contribution is 2.28. The molecule has 0 radical (unpaired) electrons. The number of carbonyl (C=O) groups is 1. The summed E-state index contributed by atoms with van der Waals surface area (Å²) in [5.74, 6) is 0.303. The molecular weight excluding hydrogens is 260 g/mol. The van der Waals surface area contributed by atoms with E-state index < -0.39 is 0 Å². The number of nitrogen functional groups attached to an aromatic ring is 1. The summed E-state index contributed by atoms with van der Waals surface area (Å²) in [5, 5.41) is 2.70. The maximum Gasteiger partial charge on any atom is 0.255 e. The van der Waals surface area contributed by atoms with Crippen LogP contribution in [0.15, 0.2) is 16.6 Å². The average Bonchev–Trinajstić information content (AvgIpc) is 2.21. The van der Waals surface area contributed by atoms with E-state index in [1.165, 1.54) is 7.11 Å². The van der Waals surface area contributed by atoms with Gasteiger partial charge in [-0.3, -0.25) is 4.79 Å². The number of ether oxygens (including phenoxy) is 1. The number of carbonyl (C=O) groups excluding carboxylic acids is 1. The van der Waals surface area contributed by atoms with Crippen LogP contribution in [0.4, 0.5) is 5.69 Å². The standard InChI is InChI=1S/C10H13BrN2O2/c1-3-13-10(14)6-4-7(11)8(12)5-9(6)15-2/h4-5H,3,12H2,1-2H3,(H,13,14). The fraction of sp³-hybridized carbons (Fsp3) is 0.300. The molecule has 5 heteroatoms. The number of nitrogens with one attached hydrogen (secondary N) is 1. The van der Waals surface area contributed by atoms with Crippen molar-refractivity contribution in [2.45, 2.75) is 6.92 Å². The maximum atomic E-state index is 11.6. The van der Waals surface area contributed by atoms with E-state index in [1.807, 2.05) is 6.92 Å². The highest BCUT2D eigenvalue weighted by Gasteiger charge is 2.13. The van der Waals surface area contributed by atoms with Crippen molar-refractivity contribution >= 4 is 27.5 Å². The smallest absolute Gasteiger partial charge is 0.255 e. The third-order valence-electron chi connectivity index (χ3n) is 1.90. The minimum absolute atomic E-state index is 0.171. The summed E-state index contributed by atoms with van der Waals surface area (Å²) in [4.78, 5) is 11.6. The Labute approximate surface area is 96.9 Å². The Kier molecular flexibility index (Phi) is 3.96. The molecule has 4 nitrogen and oxygen atoms in total. The van der Waals surface area contributed by atoms with Crippen LogP contribution in [0.1, 0.15) is 17.3 Å². The fourth-order valence-electron chi connectivity index (χ4n) is 1.17. The number of hydrogen-bond donors (Lipinski definition) is 2. The minimum atomic E-state index is -0.171. The molecule has 0 saturated heterocycles. The number of nitrogens with two attached hydrogens (primary N) is 1. The van der Waals surface area contributed by atoms with Gasteiger partial charge in [-0.2, -0.15) is 0 Å². The third-order valence-corrected chi connectivity index (χ3v) is 2.59. The first-order valence-electron chi connectivity index (χ1n) is 4.51. The SMILES string of the molecule is CCNC(=O)c1cc(Br)c(N)cc1OC. The molecule has 0 saturated carbocycles. The molecular formula is C10H13BrN2O2. The van der Waals surface area contributed by atoms with Gasteiger partial charge in [-0.15, -0.1) is 0 Å². The number of rotatable bonds is 3. The second-order valence-electron chi connectivity index (χ2n) is 2.93. The van der Waals surface area contributed by atoms with E-state index in [0.717, 1.165) is 0 Å². The first kappa shape index (κ1) is 11.8. The molecule has 1 aromatic carbocycles. The van der Waals surface area contributed by atoms with Crippen molar-refractivity contribution < 1.29 is 9.53 Å². The van der Waals surface area contributed by atoms with Crippen molar-refractivity contribution in [3.63, 3.8) is 0 Å². The molecule has 82 valence electrons. The lowest BCUT2D eigenvalue weighted by atomic mass is 10.1. The average molecular weight is 273 g/mol. The van der Waals surface area contributed by atoms with Crippen LogP contribution in [0.5, 0.6) is 5.75 Å². The predicted molar refractivity (Wildman–Crippen MR) is 63.1 cm³/mol. The molecule has 0 unspecified atom stereocenters. The molecule has 1 aromatic rings. The Balaban J connectivity index is 3.15. The Morgan fingerprint density at radius 2 is 2.27 bits per heavy atom. The van der Waals surface area contributed by atoms with Gasteiger partial charge in [0, 0.05) is 22.8 Å². The lowest BCUT2D eigenvalue weighted by molar-refractivity contribution is 0.0953. The topological polar surface area (TPSA) is 64.4 Å². The van der Waals surface area contributed by atoms with Crippen molar-refractivity contribution in [1.29, 1.82) is 0 Å². The molecule has 1 amide bonds. The van der Waals surface area contributed by atoms with E-state index in [0.29, 0.717) is 28.0 Å². The Morgan fingerprint density at radius 1 is 1.60 bits per heavy atom. The van der Waals surface area contributed by atoms with E-state index in [2.05, 4.69) is 21.2 Å². The summed E-state index contributed by atoms with van der Waals surface area (Å²) in [6, 6.07) is 3.27.